The van der Waals surface area contributed by atoms with Crippen LogP contribution >= 0.6 is 24.0 Å². The van der Waals surface area contributed by atoms with Crippen LogP contribution in [0.3, 0.4) is 0 Å². The fourth-order valence-electron chi connectivity index (χ4n) is 1.75. The van der Waals surface area contributed by atoms with Crippen molar-refractivity contribution in [3.8, 4) is 5.75 Å². The molecule has 0 aromatic heterocycles. The van der Waals surface area contributed by atoms with Crippen molar-refractivity contribution in [1.29, 1.82) is 0 Å². The second-order valence-electron chi connectivity index (χ2n) is 4.64. The summed E-state index contributed by atoms with van der Waals surface area (Å²) in [4.78, 5) is 3.98. The van der Waals surface area contributed by atoms with Crippen LogP contribution < -0.4 is 20.1 Å². The lowest BCUT2D eigenvalue weighted by Crippen LogP contribution is -2.41. The molecule has 0 saturated carbocycles. The molecule has 11 heteroatoms. The molecule has 0 radical (unpaired) electrons. The Morgan fingerprint density at radius 1 is 1.24 bits per heavy atom. The number of alkyl halides is 2. The molecule has 25 heavy (non-hydrogen) atoms. The lowest BCUT2D eigenvalue weighted by molar-refractivity contribution is -0.0504. The second-order valence-corrected chi connectivity index (χ2v) is 6.73. The van der Waals surface area contributed by atoms with Gasteiger partial charge in [0.1, 0.15) is 5.75 Å². The largest absolute Gasteiger partial charge is 0.434 e. The van der Waals surface area contributed by atoms with Crippen molar-refractivity contribution in [3.63, 3.8) is 0 Å². The molecule has 0 heterocycles. The van der Waals surface area contributed by atoms with Gasteiger partial charge in [-0.3, -0.25) is 4.99 Å². The summed E-state index contributed by atoms with van der Waals surface area (Å²) in [6.07, 6.45) is 0. The van der Waals surface area contributed by atoms with E-state index in [-0.39, 0.29) is 48.6 Å². The zero-order valence-corrected chi connectivity index (χ0v) is 17.1. The van der Waals surface area contributed by atoms with Gasteiger partial charge < -0.3 is 15.4 Å². The van der Waals surface area contributed by atoms with E-state index in [4.69, 9.17) is 0 Å². The van der Waals surface area contributed by atoms with Gasteiger partial charge in [0.05, 0.1) is 5.75 Å². The van der Waals surface area contributed by atoms with E-state index in [1.54, 1.807) is 32.2 Å². The molecule has 0 unspecified atom stereocenters. The number of ether oxygens (including phenoxy) is 1. The van der Waals surface area contributed by atoms with E-state index < -0.39 is 16.6 Å². The number of nitrogens with one attached hydrogen (secondary N) is 3. The van der Waals surface area contributed by atoms with Gasteiger partial charge in [-0.25, -0.2) is 13.1 Å². The lowest BCUT2D eigenvalue weighted by atomic mass is 10.2. The summed E-state index contributed by atoms with van der Waals surface area (Å²) < 4.78 is 54.2. The molecule has 0 aliphatic carbocycles. The number of para-hydroxylation sites is 1. The number of hydrogen-bond acceptors (Lipinski definition) is 4. The predicted octanol–water partition coefficient (Wildman–Crippen LogP) is 1.51. The predicted molar refractivity (Wildman–Crippen MR) is 104 cm³/mol. The summed E-state index contributed by atoms with van der Waals surface area (Å²) in [7, 11) is -1.69. The minimum atomic E-state index is -3.23. The first kappa shape index (κ1) is 23.8. The van der Waals surface area contributed by atoms with Crippen molar-refractivity contribution in [2.24, 2.45) is 4.99 Å². The average Bonchev–Trinajstić information content (AvgIpc) is 2.55. The topological polar surface area (TPSA) is 91.8 Å². The highest BCUT2D eigenvalue weighted by molar-refractivity contribution is 14.0. The first-order valence-corrected chi connectivity index (χ1v) is 8.97. The van der Waals surface area contributed by atoms with Crippen molar-refractivity contribution in [2.45, 2.75) is 20.1 Å². The summed E-state index contributed by atoms with van der Waals surface area (Å²) >= 11 is 0. The van der Waals surface area contributed by atoms with Crippen molar-refractivity contribution < 1.29 is 21.9 Å². The molecule has 1 aromatic carbocycles. The molecule has 144 valence electrons. The van der Waals surface area contributed by atoms with Crippen LogP contribution in [0.4, 0.5) is 8.78 Å². The van der Waals surface area contributed by atoms with Gasteiger partial charge in [-0.1, -0.05) is 18.2 Å². The lowest BCUT2D eigenvalue weighted by Gasteiger charge is -2.14. The number of guanidine groups is 1. The zero-order chi connectivity index (χ0) is 18.0. The van der Waals surface area contributed by atoms with Gasteiger partial charge in [0.25, 0.3) is 0 Å². The third-order valence-corrected chi connectivity index (χ3v) is 4.38. The van der Waals surface area contributed by atoms with Crippen LogP contribution in [0.5, 0.6) is 5.75 Å². The molecule has 0 atom stereocenters. The maximum Gasteiger partial charge on any atom is 0.387 e. The maximum absolute atomic E-state index is 12.4. The van der Waals surface area contributed by atoms with E-state index in [1.165, 1.54) is 6.07 Å². The van der Waals surface area contributed by atoms with E-state index in [0.717, 1.165) is 0 Å². The minimum absolute atomic E-state index is 0. The normalized spacial score (nSPS) is 11.8. The number of benzene rings is 1. The Morgan fingerprint density at radius 3 is 2.52 bits per heavy atom. The first-order chi connectivity index (χ1) is 11.4. The molecular formula is C14H23F2IN4O3S. The molecule has 0 bridgehead atoms. The van der Waals surface area contributed by atoms with Crippen LogP contribution in [-0.2, 0) is 16.6 Å². The summed E-state index contributed by atoms with van der Waals surface area (Å²) in [5.74, 6) is 0.518. The highest BCUT2D eigenvalue weighted by Crippen LogP contribution is 2.19. The smallest absolute Gasteiger partial charge is 0.387 e. The van der Waals surface area contributed by atoms with Crippen LogP contribution in [0.1, 0.15) is 12.5 Å². The Bertz CT molecular complexity index is 645. The molecule has 0 aliphatic heterocycles. The third-order valence-electron chi connectivity index (χ3n) is 2.98. The van der Waals surface area contributed by atoms with Gasteiger partial charge in [0.15, 0.2) is 5.96 Å². The van der Waals surface area contributed by atoms with E-state index in [9.17, 15) is 17.2 Å². The van der Waals surface area contributed by atoms with Gasteiger partial charge in [-0.15, -0.1) is 24.0 Å². The van der Waals surface area contributed by atoms with Crippen LogP contribution in [0.25, 0.3) is 0 Å². The SMILES string of the molecule is CCS(=O)(=O)NCCNC(=NC)NCc1ccccc1OC(F)F.I. The quantitative estimate of drug-likeness (QED) is 0.211. The third kappa shape index (κ3) is 9.75. The molecule has 1 rings (SSSR count). The molecule has 7 nitrogen and oxygen atoms in total. The molecule has 0 fully saturated rings. The molecule has 0 aliphatic rings. The van der Waals surface area contributed by atoms with Gasteiger partial charge >= 0.3 is 6.61 Å². The number of aliphatic imine (C=N–C) groups is 1. The molecule has 0 spiro atoms. The Balaban J connectivity index is 0.00000576. The molecule has 1 aromatic rings. The fraction of sp³-hybridized carbons (Fsp3) is 0.500. The fourth-order valence-corrected chi connectivity index (χ4v) is 2.37. The molecule has 0 saturated heterocycles. The summed E-state index contributed by atoms with van der Waals surface area (Å²) in [6.45, 7) is -0.579. The number of rotatable bonds is 9. The molecule has 3 N–H and O–H groups in total. The van der Waals surface area contributed by atoms with Gasteiger partial charge in [0.2, 0.25) is 10.0 Å². The van der Waals surface area contributed by atoms with E-state index >= 15 is 0 Å². The van der Waals surface area contributed by atoms with Gasteiger partial charge in [-0.2, -0.15) is 8.78 Å². The van der Waals surface area contributed by atoms with E-state index in [0.29, 0.717) is 18.1 Å². The van der Waals surface area contributed by atoms with Gasteiger partial charge in [0, 0.05) is 32.2 Å². The second kappa shape index (κ2) is 12.2. The Morgan fingerprint density at radius 2 is 1.92 bits per heavy atom. The maximum atomic E-state index is 12.4. The summed E-state index contributed by atoms with van der Waals surface area (Å²) in [5.41, 5.74) is 0.549. The number of halogens is 3. The van der Waals surface area contributed by atoms with Crippen LogP contribution in [0.15, 0.2) is 29.3 Å². The Hall–Kier alpha value is -1.21. The summed E-state index contributed by atoms with van der Waals surface area (Å²) in [5, 5.41) is 5.87. The van der Waals surface area contributed by atoms with Crippen molar-refractivity contribution >= 4 is 40.0 Å². The van der Waals surface area contributed by atoms with Crippen LogP contribution in [-0.4, -0.2) is 46.9 Å². The number of hydrogen-bond donors (Lipinski definition) is 3. The zero-order valence-electron chi connectivity index (χ0n) is 14.0. The molecule has 0 amide bonds. The van der Waals surface area contributed by atoms with E-state index in [2.05, 4.69) is 25.1 Å². The van der Waals surface area contributed by atoms with Crippen LogP contribution in [0, 0.1) is 0 Å². The number of nitrogens with zero attached hydrogens (tertiary/aromatic N) is 1. The first-order valence-electron chi connectivity index (χ1n) is 7.32. The summed E-state index contributed by atoms with van der Waals surface area (Å²) in [6, 6.07) is 6.44. The number of sulfonamides is 1. The monoisotopic (exact) mass is 492 g/mol. The standard InChI is InChI=1S/C14H22F2N4O3S.HI/c1-3-24(21,22)20-9-8-18-14(17-2)19-10-11-6-4-5-7-12(11)23-13(15)16;/h4-7,13,20H,3,8-10H2,1-2H3,(H2,17,18,19);1H. The average molecular weight is 492 g/mol. The van der Waals surface area contributed by atoms with Crippen molar-refractivity contribution in [2.75, 3.05) is 25.9 Å². The van der Waals surface area contributed by atoms with Crippen LogP contribution in [0.2, 0.25) is 0 Å². The molecular weight excluding hydrogens is 469 g/mol. The Labute approximate surface area is 163 Å². The van der Waals surface area contributed by atoms with Crippen molar-refractivity contribution in [3.05, 3.63) is 29.8 Å². The van der Waals surface area contributed by atoms with E-state index in [1.807, 2.05) is 0 Å². The highest BCUT2D eigenvalue weighted by atomic mass is 127. The van der Waals surface area contributed by atoms with Crippen molar-refractivity contribution in [1.82, 2.24) is 15.4 Å². The minimum Gasteiger partial charge on any atom is -0.434 e. The highest BCUT2D eigenvalue weighted by Gasteiger charge is 2.09. The van der Waals surface area contributed by atoms with Gasteiger partial charge in [-0.05, 0) is 13.0 Å². The Kier molecular flexibility index (Phi) is 11.6.